The van der Waals surface area contributed by atoms with Gasteiger partial charge in [0.05, 0.1) is 46.2 Å². The summed E-state index contributed by atoms with van der Waals surface area (Å²) in [6.07, 6.45) is 9.30. The third-order valence-corrected chi connectivity index (χ3v) is 10.4. The van der Waals surface area contributed by atoms with Crippen molar-refractivity contribution >= 4 is 56.8 Å². The summed E-state index contributed by atoms with van der Waals surface area (Å²) in [4.78, 5) is 22.8. The van der Waals surface area contributed by atoms with Crippen LogP contribution in [0.2, 0.25) is 0 Å². The summed E-state index contributed by atoms with van der Waals surface area (Å²) >= 11 is 3.58. The molecule has 0 saturated carbocycles. The first-order valence-corrected chi connectivity index (χ1v) is 17.2. The second kappa shape index (κ2) is 13.5. The van der Waals surface area contributed by atoms with Gasteiger partial charge in [-0.25, -0.2) is 0 Å². The number of para-hydroxylation sites is 2. The molecule has 0 atom stereocenters. The van der Waals surface area contributed by atoms with Crippen molar-refractivity contribution in [2.45, 2.75) is 0 Å². The average Bonchev–Trinajstić information content (AvgIpc) is 3.86. The molecule has 0 radical (unpaired) electrons. The fourth-order valence-electron chi connectivity index (χ4n) is 5.69. The first-order valence-electron chi connectivity index (χ1n) is 15.6. The van der Waals surface area contributed by atoms with E-state index in [1.54, 1.807) is 23.7 Å². The van der Waals surface area contributed by atoms with Gasteiger partial charge in [0.1, 0.15) is 0 Å². The molecule has 48 heavy (non-hydrogen) atoms. The lowest BCUT2D eigenvalue weighted by molar-refractivity contribution is 1.20. The highest BCUT2D eigenvalue weighted by Gasteiger charge is 2.16. The molecule has 0 saturated heterocycles. The molecule has 230 valence electrons. The number of hydrogen-bond acceptors (Lipinski definition) is 7. The maximum Gasteiger partial charge on any atom is 0.0803 e. The van der Waals surface area contributed by atoms with Crippen molar-refractivity contribution in [1.29, 1.82) is 0 Å². The smallest absolute Gasteiger partial charge is 0.0803 e. The molecule has 0 spiro atoms. The number of nitrogens with zero attached hydrogens (tertiary/aromatic N) is 5. The van der Waals surface area contributed by atoms with E-state index in [4.69, 9.17) is 4.98 Å². The molecular formula is C41H29N5S2. The van der Waals surface area contributed by atoms with Crippen molar-refractivity contribution in [2.75, 3.05) is 9.80 Å². The molecular weight excluding hydrogens is 627 g/mol. The van der Waals surface area contributed by atoms with Gasteiger partial charge in [-0.1, -0.05) is 48.5 Å². The Morgan fingerprint density at radius 1 is 0.354 bits per heavy atom. The summed E-state index contributed by atoms with van der Waals surface area (Å²) in [5.41, 5.74) is 8.38. The minimum Gasteiger partial charge on any atom is -0.309 e. The molecule has 0 unspecified atom stereocenters. The van der Waals surface area contributed by atoms with Crippen LogP contribution in [0.1, 0.15) is 0 Å². The van der Waals surface area contributed by atoms with E-state index in [-0.39, 0.29) is 0 Å². The summed E-state index contributed by atoms with van der Waals surface area (Å²) < 4.78 is 0. The van der Waals surface area contributed by atoms with Crippen LogP contribution in [0.4, 0.5) is 34.1 Å². The van der Waals surface area contributed by atoms with Gasteiger partial charge in [0.25, 0.3) is 0 Å². The van der Waals surface area contributed by atoms with Crippen molar-refractivity contribution in [3.8, 4) is 30.8 Å². The Labute approximate surface area is 287 Å². The minimum atomic E-state index is 0.957. The minimum absolute atomic E-state index is 0.957. The Kier molecular flexibility index (Phi) is 8.27. The lowest BCUT2D eigenvalue weighted by atomic mass is 10.1. The zero-order valence-corrected chi connectivity index (χ0v) is 27.4. The molecule has 0 bridgehead atoms. The van der Waals surface area contributed by atoms with Gasteiger partial charge >= 0.3 is 0 Å². The second-order valence-corrected chi connectivity index (χ2v) is 13.2. The van der Waals surface area contributed by atoms with Crippen LogP contribution in [0.15, 0.2) is 177 Å². The normalized spacial score (nSPS) is 10.9. The Morgan fingerprint density at radius 2 is 0.812 bits per heavy atom. The van der Waals surface area contributed by atoms with Crippen LogP contribution in [0.3, 0.4) is 0 Å². The monoisotopic (exact) mass is 655 g/mol. The summed E-state index contributed by atoms with van der Waals surface area (Å²) in [6, 6.07) is 50.6. The van der Waals surface area contributed by atoms with Crippen molar-refractivity contribution in [2.24, 2.45) is 0 Å². The summed E-state index contributed by atoms with van der Waals surface area (Å²) in [5, 5.41) is 0. The Bertz CT molecular complexity index is 1980. The summed E-state index contributed by atoms with van der Waals surface area (Å²) in [6.45, 7) is 0. The van der Waals surface area contributed by atoms with Gasteiger partial charge in [-0.3, -0.25) is 15.0 Å². The van der Waals surface area contributed by atoms with Gasteiger partial charge in [0.15, 0.2) is 0 Å². The highest BCUT2D eigenvalue weighted by atomic mass is 32.1. The molecule has 5 nitrogen and oxygen atoms in total. The van der Waals surface area contributed by atoms with E-state index in [2.05, 4.69) is 129 Å². The van der Waals surface area contributed by atoms with Crippen LogP contribution < -0.4 is 9.80 Å². The molecule has 5 heterocycles. The molecule has 3 aromatic carbocycles. The Balaban J connectivity index is 1.02. The van der Waals surface area contributed by atoms with E-state index in [0.717, 1.165) is 44.7 Å². The van der Waals surface area contributed by atoms with Gasteiger partial charge < -0.3 is 9.80 Å². The summed E-state index contributed by atoms with van der Waals surface area (Å²) in [5.74, 6) is 0. The van der Waals surface area contributed by atoms with Gasteiger partial charge in [-0.15, -0.1) is 22.7 Å². The SMILES string of the molecule is c1ccc(N(c2ccc(-c3ccc(-c4ccc(-c5ccc(N(c6ccccc6)c6cccnc6)cn5)s4)s3)cc2)c2cccnc2)cc1. The third kappa shape index (κ3) is 6.12. The number of benzene rings is 3. The van der Waals surface area contributed by atoms with Gasteiger partial charge in [0.2, 0.25) is 0 Å². The van der Waals surface area contributed by atoms with Crippen LogP contribution in [0, 0.1) is 0 Å². The van der Waals surface area contributed by atoms with E-state index in [1.807, 2.05) is 66.3 Å². The van der Waals surface area contributed by atoms with Gasteiger partial charge in [-0.2, -0.15) is 0 Å². The molecule has 0 aliphatic carbocycles. The first-order chi connectivity index (χ1) is 23.8. The predicted octanol–water partition coefficient (Wildman–Crippen LogP) is 11.9. The quantitative estimate of drug-likeness (QED) is 0.155. The number of aromatic nitrogens is 3. The van der Waals surface area contributed by atoms with E-state index in [1.165, 1.54) is 20.2 Å². The van der Waals surface area contributed by atoms with E-state index >= 15 is 0 Å². The van der Waals surface area contributed by atoms with Crippen LogP contribution in [-0.2, 0) is 0 Å². The molecule has 0 amide bonds. The molecule has 0 aliphatic heterocycles. The lowest BCUT2D eigenvalue weighted by Crippen LogP contribution is -2.10. The highest BCUT2D eigenvalue weighted by molar-refractivity contribution is 7.25. The second-order valence-electron chi connectivity index (χ2n) is 11.0. The number of anilines is 6. The summed E-state index contributed by atoms with van der Waals surface area (Å²) in [7, 11) is 0. The molecule has 5 aromatic heterocycles. The standard InChI is InChI=1S/C41H29N5S2/c1-3-9-31(10-4-1)45(34-13-7-25-42-27-34)33-17-15-30(16-18-33)38-21-23-40(47-38)41-24-22-39(48-41)37-20-19-36(29-44-37)46(32-11-5-2-6-12-32)35-14-8-26-43-28-35/h1-29H. The Morgan fingerprint density at radius 3 is 1.35 bits per heavy atom. The molecule has 0 fully saturated rings. The predicted molar refractivity (Wildman–Crippen MR) is 201 cm³/mol. The third-order valence-electron chi connectivity index (χ3n) is 7.96. The fraction of sp³-hybridized carbons (Fsp3) is 0. The first kappa shape index (κ1) is 29.5. The van der Waals surface area contributed by atoms with Crippen molar-refractivity contribution in [1.82, 2.24) is 15.0 Å². The van der Waals surface area contributed by atoms with Gasteiger partial charge in [0, 0.05) is 44.1 Å². The molecule has 8 aromatic rings. The van der Waals surface area contributed by atoms with Crippen LogP contribution >= 0.6 is 22.7 Å². The van der Waals surface area contributed by atoms with E-state index in [9.17, 15) is 0 Å². The number of pyridine rings is 3. The largest absolute Gasteiger partial charge is 0.309 e. The van der Waals surface area contributed by atoms with Crippen LogP contribution in [-0.4, -0.2) is 15.0 Å². The van der Waals surface area contributed by atoms with E-state index < -0.39 is 0 Å². The Hall–Kier alpha value is -5.89. The van der Waals surface area contributed by atoms with Crippen molar-refractivity contribution in [3.05, 3.63) is 177 Å². The molecule has 0 aliphatic rings. The van der Waals surface area contributed by atoms with Gasteiger partial charge in [-0.05, 0) is 103 Å². The number of hydrogen-bond donors (Lipinski definition) is 0. The van der Waals surface area contributed by atoms with Crippen LogP contribution in [0.5, 0.6) is 0 Å². The zero-order valence-electron chi connectivity index (χ0n) is 25.8. The zero-order chi connectivity index (χ0) is 32.1. The molecule has 0 N–H and O–H groups in total. The van der Waals surface area contributed by atoms with Crippen molar-refractivity contribution < 1.29 is 0 Å². The fourth-order valence-corrected chi connectivity index (χ4v) is 7.78. The van der Waals surface area contributed by atoms with Crippen LogP contribution in [0.25, 0.3) is 30.8 Å². The number of thiophene rings is 2. The number of rotatable bonds is 9. The maximum absolute atomic E-state index is 4.89. The molecule has 8 rings (SSSR count). The molecule has 7 heteroatoms. The topological polar surface area (TPSA) is 45.2 Å². The highest BCUT2D eigenvalue weighted by Crippen LogP contribution is 2.42. The maximum atomic E-state index is 4.89. The van der Waals surface area contributed by atoms with Crippen molar-refractivity contribution in [3.63, 3.8) is 0 Å². The average molecular weight is 656 g/mol. The van der Waals surface area contributed by atoms with E-state index in [0.29, 0.717) is 0 Å². The lowest BCUT2D eigenvalue weighted by Gasteiger charge is -2.25.